The third-order valence-electron chi connectivity index (χ3n) is 3.44. The second-order valence-electron chi connectivity index (χ2n) is 4.93. The van der Waals surface area contributed by atoms with Gasteiger partial charge in [0.15, 0.2) is 0 Å². The highest BCUT2D eigenvalue weighted by Gasteiger charge is 2.20. The van der Waals surface area contributed by atoms with Gasteiger partial charge in [-0.2, -0.15) is 0 Å². The first-order valence-electron chi connectivity index (χ1n) is 6.38. The number of phenols is 1. The normalized spacial score (nSPS) is 16.6. The molecule has 1 saturated carbocycles. The number of benzene rings is 1. The van der Waals surface area contributed by atoms with Crippen molar-refractivity contribution < 1.29 is 14.3 Å². The van der Waals surface area contributed by atoms with Crippen molar-refractivity contribution in [1.29, 1.82) is 0 Å². The molecule has 1 aromatic rings. The van der Waals surface area contributed by atoms with Gasteiger partial charge in [0.05, 0.1) is 5.56 Å². The highest BCUT2D eigenvalue weighted by atomic mass is 19.1. The van der Waals surface area contributed by atoms with Gasteiger partial charge in [0.2, 0.25) is 0 Å². The molecule has 0 radical (unpaired) electrons. The molecule has 0 heterocycles. The summed E-state index contributed by atoms with van der Waals surface area (Å²) in [5.74, 6) is -1.20. The number of hydrogen-bond donors (Lipinski definition) is 2. The summed E-state index contributed by atoms with van der Waals surface area (Å²) < 4.78 is 13.7. The van der Waals surface area contributed by atoms with E-state index in [9.17, 15) is 14.3 Å². The number of carbonyl (C=O) groups excluding carboxylic acids is 1. The predicted molar refractivity (Wildman–Crippen MR) is 67.1 cm³/mol. The predicted octanol–water partition coefficient (Wildman–Crippen LogP) is 2.90. The Bertz CT molecular complexity index is 430. The van der Waals surface area contributed by atoms with E-state index in [1.807, 2.05) is 0 Å². The lowest BCUT2D eigenvalue weighted by molar-refractivity contribution is 0.0923. The Labute approximate surface area is 106 Å². The maximum atomic E-state index is 13.7. The van der Waals surface area contributed by atoms with Gasteiger partial charge in [-0.3, -0.25) is 4.79 Å². The van der Waals surface area contributed by atoms with Crippen LogP contribution in [-0.4, -0.2) is 17.1 Å². The molecule has 0 saturated heterocycles. The molecular formula is C14H18FNO2. The molecule has 1 aromatic carbocycles. The van der Waals surface area contributed by atoms with Gasteiger partial charge in [-0.05, 0) is 31.4 Å². The molecule has 1 aliphatic rings. The Hall–Kier alpha value is -1.58. The average molecular weight is 251 g/mol. The molecule has 0 aliphatic heterocycles. The van der Waals surface area contributed by atoms with Gasteiger partial charge in [0.1, 0.15) is 11.6 Å². The third-order valence-corrected chi connectivity index (χ3v) is 3.44. The molecule has 1 aliphatic carbocycles. The van der Waals surface area contributed by atoms with Crippen LogP contribution in [0.2, 0.25) is 0 Å². The largest absolute Gasteiger partial charge is 0.508 e. The molecule has 4 heteroatoms. The lowest BCUT2D eigenvalue weighted by Crippen LogP contribution is -2.36. The SMILES string of the molecule is Cc1cc(O)cc(F)c1C(=O)NC1CCCCC1. The molecule has 2 rings (SSSR count). The summed E-state index contributed by atoms with van der Waals surface area (Å²) in [6, 6.07) is 2.53. The zero-order valence-electron chi connectivity index (χ0n) is 10.5. The van der Waals surface area contributed by atoms with E-state index in [1.54, 1.807) is 6.92 Å². The van der Waals surface area contributed by atoms with Gasteiger partial charge in [0, 0.05) is 12.1 Å². The maximum Gasteiger partial charge on any atom is 0.254 e. The van der Waals surface area contributed by atoms with Gasteiger partial charge >= 0.3 is 0 Å². The molecule has 18 heavy (non-hydrogen) atoms. The zero-order chi connectivity index (χ0) is 13.1. The molecule has 0 spiro atoms. The topological polar surface area (TPSA) is 49.3 Å². The van der Waals surface area contributed by atoms with E-state index in [0.717, 1.165) is 31.7 Å². The number of hydrogen-bond acceptors (Lipinski definition) is 2. The Morgan fingerprint density at radius 1 is 1.33 bits per heavy atom. The standard InChI is InChI=1S/C14H18FNO2/c1-9-7-11(17)8-12(15)13(9)14(18)16-10-5-3-2-4-6-10/h7-8,10,17H,2-6H2,1H3,(H,16,18). The van der Waals surface area contributed by atoms with E-state index in [1.165, 1.54) is 12.5 Å². The molecule has 0 bridgehead atoms. The lowest BCUT2D eigenvalue weighted by atomic mass is 9.95. The Balaban J connectivity index is 2.13. The van der Waals surface area contributed by atoms with E-state index in [0.29, 0.717) is 5.56 Å². The first-order chi connectivity index (χ1) is 8.58. The van der Waals surface area contributed by atoms with Crippen molar-refractivity contribution in [3.8, 4) is 5.75 Å². The molecule has 0 aromatic heterocycles. The smallest absolute Gasteiger partial charge is 0.254 e. The van der Waals surface area contributed by atoms with Crippen LogP contribution in [0.15, 0.2) is 12.1 Å². The van der Waals surface area contributed by atoms with Crippen LogP contribution < -0.4 is 5.32 Å². The number of carbonyl (C=O) groups is 1. The summed E-state index contributed by atoms with van der Waals surface area (Å²) >= 11 is 0. The van der Waals surface area contributed by atoms with Crippen LogP contribution in [0.4, 0.5) is 4.39 Å². The molecule has 1 fully saturated rings. The molecular weight excluding hydrogens is 233 g/mol. The van der Waals surface area contributed by atoms with Crippen molar-refractivity contribution in [2.45, 2.75) is 45.1 Å². The number of aromatic hydroxyl groups is 1. The van der Waals surface area contributed by atoms with Gasteiger partial charge < -0.3 is 10.4 Å². The van der Waals surface area contributed by atoms with Gasteiger partial charge in [-0.1, -0.05) is 19.3 Å². The summed E-state index contributed by atoms with van der Waals surface area (Å²) in [4.78, 5) is 12.0. The van der Waals surface area contributed by atoms with Crippen LogP contribution in [0.25, 0.3) is 0 Å². The number of amides is 1. The minimum atomic E-state index is -0.666. The van der Waals surface area contributed by atoms with Crippen LogP contribution in [-0.2, 0) is 0 Å². The van der Waals surface area contributed by atoms with Crippen molar-refractivity contribution in [3.05, 3.63) is 29.1 Å². The van der Waals surface area contributed by atoms with Crippen LogP contribution >= 0.6 is 0 Å². The van der Waals surface area contributed by atoms with Crippen molar-refractivity contribution in [1.82, 2.24) is 5.32 Å². The lowest BCUT2D eigenvalue weighted by Gasteiger charge is -2.23. The van der Waals surface area contributed by atoms with E-state index < -0.39 is 5.82 Å². The Morgan fingerprint density at radius 3 is 2.61 bits per heavy atom. The zero-order valence-corrected chi connectivity index (χ0v) is 10.5. The fraction of sp³-hybridized carbons (Fsp3) is 0.500. The van der Waals surface area contributed by atoms with E-state index >= 15 is 0 Å². The van der Waals surface area contributed by atoms with Crippen LogP contribution in [0, 0.1) is 12.7 Å². The summed E-state index contributed by atoms with van der Waals surface area (Å²) in [5, 5.41) is 12.1. The molecule has 0 unspecified atom stereocenters. The first-order valence-corrected chi connectivity index (χ1v) is 6.38. The fourth-order valence-electron chi connectivity index (χ4n) is 2.52. The molecule has 1 amide bonds. The van der Waals surface area contributed by atoms with Crippen molar-refractivity contribution >= 4 is 5.91 Å². The Morgan fingerprint density at radius 2 is 2.00 bits per heavy atom. The highest BCUT2D eigenvalue weighted by molar-refractivity contribution is 5.96. The Kier molecular flexibility index (Phi) is 3.84. The quantitative estimate of drug-likeness (QED) is 0.849. The van der Waals surface area contributed by atoms with E-state index in [4.69, 9.17) is 0 Å². The number of aryl methyl sites for hydroxylation is 1. The maximum absolute atomic E-state index is 13.7. The first kappa shape index (κ1) is 12.9. The van der Waals surface area contributed by atoms with Crippen LogP contribution in [0.3, 0.4) is 0 Å². The monoisotopic (exact) mass is 251 g/mol. The number of phenolic OH excluding ortho intramolecular Hbond substituents is 1. The summed E-state index contributed by atoms with van der Waals surface area (Å²) in [7, 11) is 0. The second kappa shape index (κ2) is 5.38. The van der Waals surface area contributed by atoms with Crippen molar-refractivity contribution in [2.75, 3.05) is 0 Å². The minimum absolute atomic E-state index is 0.0402. The summed E-state index contributed by atoms with van der Waals surface area (Å²) in [6.07, 6.45) is 5.36. The molecule has 2 N–H and O–H groups in total. The fourth-order valence-corrected chi connectivity index (χ4v) is 2.52. The van der Waals surface area contributed by atoms with Crippen LogP contribution in [0.1, 0.15) is 48.0 Å². The number of halogens is 1. The van der Waals surface area contributed by atoms with Crippen LogP contribution in [0.5, 0.6) is 5.75 Å². The van der Waals surface area contributed by atoms with E-state index in [-0.39, 0.29) is 23.3 Å². The molecule has 0 atom stereocenters. The highest BCUT2D eigenvalue weighted by Crippen LogP contribution is 2.22. The summed E-state index contributed by atoms with van der Waals surface area (Å²) in [6.45, 7) is 1.62. The third kappa shape index (κ3) is 2.81. The van der Waals surface area contributed by atoms with Gasteiger partial charge in [-0.25, -0.2) is 4.39 Å². The molecule has 98 valence electrons. The number of nitrogens with one attached hydrogen (secondary N) is 1. The average Bonchev–Trinajstić information content (AvgIpc) is 2.28. The van der Waals surface area contributed by atoms with Gasteiger partial charge in [-0.15, -0.1) is 0 Å². The summed E-state index contributed by atoms with van der Waals surface area (Å²) in [5.41, 5.74) is 0.499. The minimum Gasteiger partial charge on any atom is -0.508 e. The number of rotatable bonds is 2. The second-order valence-corrected chi connectivity index (χ2v) is 4.93. The molecule has 3 nitrogen and oxygen atoms in total. The van der Waals surface area contributed by atoms with Gasteiger partial charge in [0.25, 0.3) is 5.91 Å². The van der Waals surface area contributed by atoms with Crippen molar-refractivity contribution in [3.63, 3.8) is 0 Å². The van der Waals surface area contributed by atoms with Crippen molar-refractivity contribution in [2.24, 2.45) is 0 Å². The van der Waals surface area contributed by atoms with E-state index in [2.05, 4.69) is 5.32 Å².